The van der Waals surface area contributed by atoms with Crippen LogP contribution < -0.4 is 10.2 Å². The third-order valence-corrected chi connectivity index (χ3v) is 6.73. The number of pyridine rings is 2. The van der Waals surface area contributed by atoms with Gasteiger partial charge in [0.15, 0.2) is 5.82 Å². The molecule has 1 amide bonds. The molecule has 0 saturated carbocycles. The lowest BCUT2D eigenvalue weighted by Gasteiger charge is -2.35. The molecule has 0 aromatic carbocycles. The first-order valence-electron chi connectivity index (χ1n) is 11.7. The Morgan fingerprint density at radius 2 is 1.86 bits per heavy atom. The van der Waals surface area contributed by atoms with Gasteiger partial charge < -0.3 is 15.0 Å². The van der Waals surface area contributed by atoms with Gasteiger partial charge >= 0.3 is 6.18 Å². The van der Waals surface area contributed by atoms with Crippen LogP contribution in [0.4, 0.5) is 24.7 Å². The molecule has 3 aromatic rings. The Morgan fingerprint density at radius 3 is 2.44 bits per heavy atom. The summed E-state index contributed by atoms with van der Waals surface area (Å²) in [4.78, 5) is 23.6. The summed E-state index contributed by atoms with van der Waals surface area (Å²) in [5.41, 5.74) is 1.38. The fourth-order valence-corrected chi connectivity index (χ4v) is 4.48. The molecule has 0 radical (unpaired) electrons. The van der Waals surface area contributed by atoms with Gasteiger partial charge in [0.25, 0.3) is 5.91 Å². The highest BCUT2D eigenvalue weighted by molar-refractivity contribution is 6.05. The molecule has 3 aromatic heterocycles. The van der Waals surface area contributed by atoms with Gasteiger partial charge in [-0.25, -0.2) is 14.6 Å². The Bertz CT molecular complexity index is 1220. The van der Waals surface area contributed by atoms with Crippen LogP contribution in [0.5, 0.6) is 0 Å². The molecule has 1 atom stereocenters. The Morgan fingerprint density at radius 1 is 1.14 bits per heavy atom. The number of amides is 1. The second-order valence-corrected chi connectivity index (χ2v) is 9.04. The van der Waals surface area contributed by atoms with E-state index in [1.54, 1.807) is 20.2 Å². The summed E-state index contributed by atoms with van der Waals surface area (Å²) >= 11 is 0. The maximum absolute atomic E-state index is 12.9. The van der Waals surface area contributed by atoms with Crippen molar-refractivity contribution in [1.82, 2.24) is 19.7 Å². The normalized spacial score (nSPS) is 15.7. The molecule has 1 aliphatic heterocycles. The molecule has 4 rings (SSSR count). The van der Waals surface area contributed by atoms with Gasteiger partial charge in [0.1, 0.15) is 5.82 Å². The number of methoxy groups -OCH3 is 1. The molecule has 0 aliphatic carbocycles. The molecule has 1 aliphatic rings. The number of carbonyl (C=O) groups is 1. The summed E-state index contributed by atoms with van der Waals surface area (Å²) < 4.78 is 45.2. The molecule has 4 heterocycles. The van der Waals surface area contributed by atoms with E-state index in [-0.39, 0.29) is 17.5 Å². The maximum atomic E-state index is 12.9. The average molecular weight is 503 g/mol. The van der Waals surface area contributed by atoms with Crippen molar-refractivity contribution in [2.45, 2.75) is 45.9 Å². The number of hydrogen-bond acceptors (Lipinski definition) is 6. The molecule has 1 N–H and O–H groups in total. The molecule has 1 unspecified atom stereocenters. The van der Waals surface area contributed by atoms with Crippen molar-refractivity contribution in [3.05, 3.63) is 59.2 Å². The van der Waals surface area contributed by atoms with Crippen LogP contribution in [0.15, 0.2) is 36.8 Å². The van der Waals surface area contributed by atoms with Crippen LogP contribution >= 0.6 is 0 Å². The number of rotatable bonds is 6. The smallest absolute Gasteiger partial charge is 0.381 e. The fourth-order valence-electron chi connectivity index (χ4n) is 4.48. The van der Waals surface area contributed by atoms with Crippen molar-refractivity contribution < 1.29 is 22.7 Å². The lowest BCUT2D eigenvalue weighted by atomic mass is 9.92. The summed E-state index contributed by atoms with van der Waals surface area (Å²) in [7, 11) is 1.74. The number of nitrogens with one attached hydrogen (secondary N) is 1. The van der Waals surface area contributed by atoms with Crippen molar-refractivity contribution in [1.29, 1.82) is 0 Å². The zero-order valence-electron chi connectivity index (χ0n) is 20.6. The number of alkyl halides is 3. The predicted molar refractivity (Wildman–Crippen MR) is 129 cm³/mol. The number of nitrogens with zero attached hydrogens (tertiary/aromatic N) is 5. The third kappa shape index (κ3) is 5.35. The summed E-state index contributed by atoms with van der Waals surface area (Å²) in [6, 6.07) is 4.02. The fraction of sp³-hybridized carbons (Fsp3) is 0.440. The molecular formula is C25H29F3N6O2. The van der Waals surface area contributed by atoms with E-state index >= 15 is 0 Å². The summed E-state index contributed by atoms with van der Waals surface area (Å²) in [6.45, 7) is 7.51. The van der Waals surface area contributed by atoms with Gasteiger partial charge in [-0.15, -0.1) is 0 Å². The molecule has 11 heteroatoms. The number of ether oxygens (including phenoxy) is 1. The zero-order valence-corrected chi connectivity index (χ0v) is 20.6. The molecule has 1 saturated heterocycles. The molecule has 36 heavy (non-hydrogen) atoms. The van der Waals surface area contributed by atoms with Crippen molar-refractivity contribution in [3.8, 4) is 5.82 Å². The first-order valence-corrected chi connectivity index (χ1v) is 11.7. The van der Waals surface area contributed by atoms with Crippen molar-refractivity contribution in [2.75, 3.05) is 30.4 Å². The van der Waals surface area contributed by atoms with Crippen LogP contribution in [0.2, 0.25) is 0 Å². The number of anilines is 2. The van der Waals surface area contributed by atoms with Gasteiger partial charge in [-0.1, -0.05) is 0 Å². The minimum Gasteiger partial charge on any atom is -0.381 e. The van der Waals surface area contributed by atoms with Crippen LogP contribution in [0.25, 0.3) is 5.82 Å². The molecule has 0 bridgehead atoms. The summed E-state index contributed by atoms with van der Waals surface area (Å²) in [5.74, 6) is 1.22. The highest BCUT2D eigenvalue weighted by atomic mass is 19.4. The lowest BCUT2D eigenvalue weighted by Crippen LogP contribution is -2.38. The number of hydrogen-bond donors (Lipinski definition) is 1. The Hall–Kier alpha value is -3.47. The van der Waals surface area contributed by atoms with E-state index in [9.17, 15) is 18.0 Å². The number of piperidine rings is 1. The first-order chi connectivity index (χ1) is 17.1. The SMILES string of the molecule is COC(C)C1CCN(c2ncc(NC(=O)c3cnn(-c4ccc(C(F)(F)F)cn4)c3C)cc2C)CC1. The summed E-state index contributed by atoms with van der Waals surface area (Å²) in [6.07, 6.45) is 1.56. The number of aryl methyl sites for hydroxylation is 1. The van der Waals surface area contributed by atoms with E-state index in [1.807, 2.05) is 13.0 Å². The number of carbonyl (C=O) groups excluding carboxylic acids is 1. The van der Waals surface area contributed by atoms with Crippen LogP contribution in [0.1, 0.15) is 46.9 Å². The number of aromatic nitrogens is 4. The van der Waals surface area contributed by atoms with Gasteiger partial charge in [-0.3, -0.25) is 4.79 Å². The van der Waals surface area contributed by atoms with E-state index in [0.29, 0.717) is 17.3 Å². The van der Waals surface area contributed by atoms with Crippen molar-refractivity contribution >= 4 is 17.4 Å². The lowest BCUT2D eigenvalue weighted by molar-refractivity contribution is -0.137. The molecule has 8 nitrogen and oxygen atoms in total. The standard InChI is InChI=1S/C25H29F3N6O2/c1-15-11-20(13-30-23(15)33-9-7-18(8-10-33)17(3)36-4)32-24(35)21-14-31-34(16(21)2)22-6-5-19(12-29-22)25(26,27)28/h5-6,11-14,17-18H,7-10H2,1-4H3,(H,32,35). The first kappa shape index (κ1) is 25.6. The monoisotopic (exact) mass is 502 g/mol. The quantitative estimate of drug-likeness (QED) is 0.521. The van der Waals surface area contributed by atoms with E-state index in [4.69, 9.17) is 4.74 Å². The summed E-state index contributed by atoms with van der Waals surface area (Å²) in [5, 5.41) is 6.97. The van der Waals surface area contributed by atoms with Crippen LogP contribution in [-0.2, 0) is 10.9 Å². The Labute approximate surface area is 207 Å². The molecule has 1 fully saturated rings. The average Bonchev–Trinajstić information content (AvgIpc) is 3.24. The highest BCUT2D eigenvalue weighted by Gasteiger charge is 2.31. The topological polar surface area (TPSA) is 85.2 Å². The third-order valence-electron chi connectivity index (χ3n) is 6.73. The van der Waals surface area contributed by atoms with Gasteiger partial charge in [0.2, 0.25) is 0 Å². The van der Waals surface area contributed by atoms with Crippen LogP contribution in [0.3, 0.4) is 0 Å². The second kappa shape index (κ2) is 10.3. The Kier molecular flexibility index (Phi) is 7.30. The molecule has 192 valence electrons. The predicted octanol–water partition coefficient (Wildman–Crippen LogP) is 4.80. The minimum absolute atomic E-state index is 0.185. The van der Waals surface area contributed by atoms with Gasteiger partial charge in [-0.05, 0) is 63.3 Å². The highest BCUT2D eigenvalue weighted by Crippen LogP contribution is 2.30. The molecular weight excluding hydrogens is 473 g/mol. The Balaban J connectivity index is 1.43. The van der Waals surface area contributed by atoms with E-state index < -0.39 is 17.6 Å². The van der Waals surface area contributed by atoms with E-state index in [0.717, 1.165) is 49.6 Å². The van der Waals surface area contributed by atoms with Gasteiger partial charge in [0.05, 0.1) is 41.0 Å². The number of halogens is 3. The molecule has 0 spiro atoms. The minimum atomic E-state index is -4.48. The zero-order chi connectivity index (χ0) is 26.0. The maximum Gasteiger partial charge on any atom is 0.417 e. The second-order valence-electron chi connectivity index (χ2n) is 9.04. The van der Waals surface area contributed by atoms with Crippen molar-refractivity contribution in [2.24, 2.45) is 5.92 Å². The van der Waals surface area contributed by atoms with Gasteiger partial charge in [-0.2, -0.15) is 18.3 Å². The largest absolute Gasteiger partial charge is 0.417 e. The van der Waals surface area contributed by atoms with E-state index in [2.05, 4.69) is 32.2 Å². The van der Waals surface area contributed by atoms with Crippen LogP contribution in [-0.4, -0.2) is 52.0 Å². The van der Waals surface area contributed by atoms with Crippen molar-refractivity contribution in [3.63, 3.8) is 0 Å². The van der Waals surface area contributed by atoms with Crippen LogP contribution in [0, 0.1) is 19.8 Å². The van der Waals surface area contributed by atoms with Gasteiger partial charge in [0, 0.05) is 26.4 Å². The van der Waals surface area contributed by atoms with E-state index in [1.165, 1.54) is 16.9 Å².